The molecule has 5 nitrogen and oxygen atoms in total. The van der Waals surface area contributed by atoms with Crippen LogP contribution in [0.15, 0.2) is 48.5 Å². The lowest BCUT2D eigenvalue weighted by Gasteiger charge is -2.21. The molecule has 0 bridgehead atoms. The molecule has 0 saturated heterocycles. The lowest BCUT2D eigenvalue weighted by molar-refractivity contribution is -0.131. The molecule has 3 rings (SSSR count). The summed E-state index contributed by atoms with van der Waals surface area (Å²) in [7, 11) is 1.76. The van der Waals surface area contributed by atoms with Crippen molar-refractivity contribution >= 4 is 5.91 Å². The van der Waals surface area contributed by atoms with Crippen molar-refractivity contribution in [3.63, 3.8) is 0 Å². The molecule has 1 heterocycles. The zero-order valence-corrected chi connectivity index (χ0v) is 13.1. The molecule has 2 aromatic rings. The van der Waals surface area contributed by atoms with Gasteiger partial charge in [0, 0.05) is 13.6 Å². The molecule has 2 aromatic carbocycles. The lowest BCUT2D eigenvalue weighted by atomic mass is 10.1. The quantitative estimate of drug-likeness (QED) is 0.916. The number of nitrogens with two attached hydrogens (primary N) is 1. The van der Waals surface area contributed by atoms with Crippen molar-refractivity contribution in [2.75, 3.05) is 13.8 Å². The van der Waals surface area contributed by atoms with Crippen LogP contribution >= 0.6 is 0 Å². The summed E-state index contributed by atoms with van der Waals surface area (Å²) in [6.45, 7) is 0.730. The third-order valence-electron chi connectivity index (χ3n) is 3.85. The zero-order valence-electron chi connectivity index (χ0n) is 13.1. The number of rotatable bonds is 5. The van der Waals surface area contributed by atoms with E-state index in [2.05, 4.69) is 0 Å². The van der Waals surface area contributed by atoms with Crippen LogP contribution in [0.1, 0.15) is 11.1 Å². The third-order valence-corrected chi connectivity index (χ3v) is 3.85. The highest BCUT2D eigenvalue weighted by Crippen LogP contribution is 2.32. The number of carbonyl (C=O) groups excluding carboxylic acids is 1. The Morgan fingerprint density at radius 2 is 1.87 bits per heavy atom. The molecule has 0 fully saturated rings. The predicted molar refractivity (Wildman–Crippen MR) is 87.2 cm³/mol. The highest BCUT2D eigenvalue weighted by atomic mass is 16.7. The number of benzene rings is 2. The van der Waals surface area contributed by atoms with Crippen LogP contribution in [0.5, 0.6) is 11.5 Å². The van der Waals surface area contributed by atoms with Gasteiger partial charge in [0.05, 0.1) is 6.04 Å². The Balaban J connectivity index is 1.61. The Morgan fingerprint density at radius 3 is 2.65 bits per heavy atom. The van der Waals surface area contributed by atoms with E-state index in [1.807, 2.05) is 48.5 Å². The maximum absolute atomic E-state index is 12.4. The molecular weight excluding hydrogens is 292 g/mol. The molecule has 0 radical (unpaired) electrons. The van der Waals surface area contributed by atoms with E-state index in [1.165, 1.54) is 0 Å². The van der Waals surface area contributed by atoms with Gasteiger partial charge < -0.3 is 20.1 Å². The molecule has 0 saturated carbocycles. The number of ether oxygens (including phenoxy) is 2. The Labute approximate surface area is 135 Å². The van der Waals surface area contributed by atoms with Crippen LogP contribution in [0.25, 0.3) is 0 Å². The minimum absolute atomic E-state index is 0.0773. The molecule has 1 atom stereocenters. The molecule has 1 aliphatic rings. The summed E-state index contributed by atoms with van der Waals surface area (Å²) in [6, 6.07) is 14.9. The Bertz CT molecular complexity index is 688. The van der Waals surface area contributed by atoms with Gasteiger partial charge in [0.25, 0.3) is 0 Å². The van der Waals surface area contributed by atoms with Crippen molar-refractivity contribution < 1.29 is 14.3 Å². The van der Waals surface area contributed by atoms with Crippen LogP contribution < -0.4 is 15.2 Å². The SMILES string of the molecule is CN(Cc1ccc2c(c1)OCO2)C(=O)C(N)Cc1ccccc1. The molecule has 0 aromatic heterocycles. The summed E-state index contributed by atoms with van der Waals surface area (Å²) in [4.78, 5) is 14.1. The van der Waals surface area contributed by atoms with Crippen LogP contribution in [0, 0.1) is 0 Å². The first kappa shape index (κ1) is 15.4. The number of amides is 1. The van der Waals surface area contributed by atoms with E-state index in [1.54, 1.807) is 11.9 Å². The van der Waals surface area contributed by atoms with Crippen molar-refractivity contribution in [3.05, 3.63) is 59.7 Å². The molecule has 23 heavy (non-hydrogen) atoms. The van der Waals surface area contributed by atoms with Crippen LogP contribution in [0.3, 0.4) is 0 Å². The Kier molecular flexibility index (Phi) is 4.48. The third kappa shape index (κ3) is 3.63. The largest absolute Gasteiger partial charge is 0.454 e. The molecule has 120 valence electrons. The van der Waals surface area contributed by atoms with Crippen LogP contribution in [-0.4, -0.2) is 30.7 Å². The molecular formula is C18H20N2O3. The van der Waals surface area contributed by atoms with Gasteiger partial charge in [0.15, 0.2) is 11.5 Å². The van der Waals surface area contributed by atoms with Gasteiger partial charge in [-0.2, -0.15) is 0 Å². The van der Waals surface area contributed by atoms with Gasteiger partial charge in [0.1, 0.15) is 0 Å². The second-order valence-electron chi connectivity index (χ2n) is 5.68. The highest BCUT2D eigenvalue weighted by molar-refractivity contribution is 5.81. The van der Waals surface area contributed by atoms with E-state index in [9.17, 15) is 4.79 Å². The van der Waals surface area contributed by atoms with Gasteiger partial charge >= 0.3 is 0 Å². The van der Waals surface area contributed by atoms with Crippen LogP contribution in [-0.2, 0) is 17.8 Å². The number of likely N-dealkylation sites (N-methyl/N-ethyl adjacent to an activating group) is 1. The topological polar surface area (TPSA) is 64.8 Å². The van der Waals surface area contributed by atoms with Gasteiger partial charge in [-0.05, 0) is 29.7 Å². The number of hydrogen-bond acceptors (Lipinski definition) is 4. The molecule has 1 aliphatic heterocycles. The Morgan fingerprint density at radius 1 is 1.13 bits per heavy atom. The normalized spacial score (nSPS) is 13.7. The van der Waals surface area contributed by atoms with Gasteiger partial charge in [0.2, 0.25) is 12.7 Å². The number of hydrogen-bond donors (Lipinski definition) is 1. The van der Waals surface area contributed by atoms with Crippen LogP contribution in [0.2, 0.25) is 0 Å². The minimum Gasteiger partial charge on any atom is -0.454 e. The lowest BCUT2D eigenvalue weighted by Crippen LogP contribution is -2.42. The van der Waals surface area contributed by atoms with Crippen molar-refractivity contribution in [1.82, 2.24) is 4.90 Å². The van der Waals surface area contributed by atoms with Crippen molar-refractivity contribution in [2.45, 2.75) is 19.0 Å². The van der Waals surface area contributed by atoms with Gasteiger partial charge in [-0.1, -0.05) is 36.4 Å². The molecule has 1 amide bonds. The van der Waals surface area contributed by atoms with Gasteiger partial charge in [-0.3, -0.25) is 4.79 Å². The summed E-state index contributed by atoms with van der Waals surface area (Å²) in [5, 5.41) is 0. The van der Waals surface area contributed by atoms with Crippen LogP contribution in [0.4, 0.5) is 0 Å². The maximum Gasteiger partial charge on any atom is 0.239 e. The molecule has 2 N–H and O–H groups in total. The maximum atomic E-state index is 12.4. The fraction of sp³-hybridized carbons (Fsp3) is 0.278. The Hall–Kier alpha value is -2.53. The zero-order chi connectivity index (χ0) is 16.2. The second-order valence-corrected chi connectivity index (χ2v) is 5.68. The van der Waals surface area contributed by atoms with E-state index in [0.717, 1.165) is 22.6 Å². The van der Waals surface area contributed by atoms with E-state index in [0.29, 0.717) is 13.0 Å². The van der Waals surface area contributed by atoms with E-state index >= 15 is 0 Å². The fourth-order valence-electron chi connectivity index (χ4n) is 2.63. The fourth-order valence-corrected chi connectivity index (χ4v) is 2.63. The highest BCUT2D eigenvalue weighted by Gasteiger charge is 2.20. The smallest absolute Gasteiger partial charge is 0.239 e. The number of carbonyl (C=O) groups is 1. The van der Waals surface area contributed by atoms with Crippen molar-refractivity contribution in [2.24, 2.45) is 5.73 Å². The second kappa shape index (κ2) is 6.71. The predicted octanol–water partition coefficient (Wildman–Crippen LogP) is 1.94. The van der Waals surface area contributed by atoms with E-state index in [-0.39, 0.29) is 12.7 Å². The molecule has 0 spiro atoms. The summed E-state index contributed by atoms with van der Waals surface area (Å²) < 4.78 is 10.6. The number of nitrogens with zero attached hydrogens (tertiary/aromatic N) is 1. The van der Waals surface area contributed by atoms with E-state index in [4.69, 9.17) is 15.2 Å². The summed E-state index contributed by atoms with van der Waals surface area (Å²) in [5.74, 6) is 1.38. The average molecular weight is 312 g/mol. The molecule has 5 heteroatoms. The van der Waals surface area contributed by atoms with Crippen molar-refractivity contribution in [3.8, 4) is 11.5 Å². The van der Waals surface area contributed by atoms with Gasteiger partial charge in [-0.25, -0.2) is 0 Å². The summed E-state index contributed by atoms with van der Waals surface area (Å²) in [6.07, 6.45) is 0.533. The average Bonchev–Trinajstić information content (AvgIpc) is 3.02. The molecule has 1 unspecified atom stereocenters. The van der Waals surface area contributed by atoms with Crippen molar-refractivity contribution in [1.29, 1.82) is 0 Å². The minimum atomic E-state index is -0.545. The first-order valence-electron chi connectivity index (χ1n) is 7.56. The summed E-state index contributed by atoms with van der Waals surface area (Å²) in [5.41, 5.74) is 8.10. The van der Waals surface area contributed by atoms with E-state index < -0.39 is 6.04 Å². The number of fused-ring (bicyclic) bond motifs is 1. The van der Waals surface area contributed by atoms with Gasteiger partial charge in [-0.15, -0.1) is 0 Å². The first-order valence-corrected chi connectivity index (χ1v) is 7.56. The molecule has 0 aliphatic carbocycles. The first-order chi connectivity index (χ1) is 11.1. The standard InChI is InChI=1S/C18H20N2O3/c1-20(11-14-7-8-16-17(10-14)23-12-22-16)18(21)15(19)9-13-5-3-2-4-6-13/h2-8,10,15H,9,11-12,19H2,1H3. The monoisotopic (exact) mass is 312 g/mol. The summed E-state index contributed by atoms with van der Waals surface area (Å²) >= 11 is 0.